The number of fused-ring (bicyclic) bond motifs is 1. The zero-order valence-corrected chi connectivity index (χ0v) is 14.0. The van der Waals surface area contributed by atoms with Crippen molar-refractivity contribution < 1.29 is 9.53 Å². The van der Waals surface area contributed by atoms with E-state index in [0.29, 0.717) is 23.0 Å². The minimum Gasteiger partial charge on any atom is -0.463 e. The van der Waals surface area contributed by atoms with Crippen molar-refractivity contribution in [2.24, 2.45) is 10.7 Å². The molecule has 2 aromatic carbocycles. The molecule has 2 aromatic rings. The van der Waals surface area contributed by atoms with Crippen molar-refractivity contribution in [2.45, 2.75) is 13.3 Å². The van der Waals surface area contributed by atoms with Crippen LogP contribution in [0.3, 0.4) is 0 Å². The molecule has 122 valence electrons. The molecule has 0 amide bonds. The van der Waals surface area contributed by atoms with Gasteiger partial charge in [-0.25, -0.2) is 9.79 Å². The number of hydrogen-bond acceptors (Lipinski definition) is 4. The van der Waals surface area contributed by atoms with Crippen LogP contribution in [0.2, 0.25) is 5.02 Å². The van der Waals surface area contributed by atoms with Gasteiger partial charge in [0, 0.05) is 28.1 Å². The van der Waals surface area contributed by atoms with Crippen LogP contribution in [0.25, 0.3) is 17.2 Å². The Morgan fingerprint density at radius 1 is 1.29 bits per heavy atom. The molecule has 1 aliphatic heterocycles. The predicted molar refractivity (Wildman–Crippen MR) is 97.4 cm³/mol. The molecular formula is C19H17ClN2O2. The number of nitrogens with zero attached hydrogens (tertiary/aromatic N) is 1. The molecule has 1 heterocycles. The maximum atomic E-state index is 12.1. The summed E-state index contributed by atoms with van der Waals surface area (Å²) in [5, 5.41) is 0.670. The Kier molecular flexibility index (Phi) is 4.67. The normalized spacial score (nSPS) is 13.4. The van der Waals surface area contributed by atoms with Crippen molar-refractivity contribution >= 4 is 35.2 Å². The molecule has 0 unspecified atom stereocenters. The van der Waals surface area contributed by atoms with E-state index in [-0.39, 0.29) is 12.4 Å². The Morgan fingerprint density at radius 3 is 2.83 bits per heavy atom. The van der Waals surface area contributed by atoms with Gasteiger partial charge in [-0.15, -0.1) is 0 Å². The van der Waals surface area contributed by atoms with Crippen LogP contribution in [0.4, 0.5) is 5.69 Å². The van der Waals surface area contributed by atoms with Crippen LogP contribution < -0.4 is 5.73 Å². The summed E-state index contributed by atoms with van der Waals surface area (Å²) in [5.41, 5.74) is 9.84. The summed E-state index contributed by atoms with van der Waals surface area (Å²) < 4.78 is 5.10. The molecule has 3 rings (SSSR count). The highest BCUT2D eigenvalue weighted by atomic mass is 35.5. The van der Waals surface area contributed by atoms with Crippen molar-refractivity contribution in [3.63, 3.8) is 0 Å². The first-order valence-corrected chi connectivity index (χ1v) is 8.06. The number of aliphatic imine (C=N–C) groups is 1. The molecule has 1 aliphatic rings. The maximum absolute atomic E-state index is 12.1. The Labute approximate surface area is 145 Å². The van der Waals surface area contributed by atoms with Gasteiger partial charge in [-0.1, -0.05) is 35.9 Å². The van der Waals surface area contributed by atoms with Crippen LogP contribution in [-0.4, -0.2) is 18.4 Å². The molecule has 4 nitrogen and oxygen atoms in total. The van der Waals surface area contributed by atoms with Crippen LogP contribution in [0.5, 0.6) is 0 Å². The van der Waals surface area contributed by atoms with Gasteiger partial charge in [0.1, 0.15) is 5.84 Å². The lowest BCUT2D eigenvalue weighted by Crippen LogP contribution is -2.16. The topological polar surface area (TPSA) is 64.7 Å². The zero-order valence-electron chi connectivity index (χ0n) is 13.3. The Bertz CT molecular complexity index is 856. The number of ether oxygens (including phenoxy) is 1. The van der Waals surface area contributed by atoms with Crippen molar-refractivity contribution in [1.82, 2.24) is 0 Å². The first-order valence-electron chi connectivity index (χ1n) is 7.68. The molecule has 0 saturated heterocycles. The average molecular weight is 341 g/mol. The highest BCUT2D eigenvalue weighted by molar-refractivity contribution is 6.33. The minimum atomic E-state index is -0.369. The first-order chi connectivity index (χ1) is 11.6. The third kappa shape index (κ3) is 3.34. The SMILES string of the molecule is CCOC(=O)C1=Cc2cc(-c3ccccc3Cl)ccc2N=C(N)C1. The lowest BCUT2D eigenvalue weighted by atomic mass is 10.0. The van der Waals surface area contributed by atoms with Gasteiger partial charge in [0.05, 0.1) is 12.3 Å². The molecule has 0 spiro atoms. The van der Waals surface area contributed by atoms with Gasteiger partial charge < -0.3 is 10.5 Å². The summed E-state index contributed by atoms with van der Waals surface area (Å²) in [4.78, 5) is 16.5. The van der Waals surface area contributed by atoms with E-state index in [2.05, 4.69) is 4.99 Å². The second-order valence-corrected chi connectivity index (χ2v) is 5.83. The van der Waals surface area contributed by atoms with Crippen LogP contribution >= 0.6 is 11.6 Å². The number of amidine groups is 1. The molecule has 0 saturated carbocycles. The van der Waals surface area contributed by atoms with Crippen LogP contribution in [-0.2, 0) is 9.53 Å². The highest BCUT2D eigenvalue weighted by Crippen LogP contribution is 2.34. The van der Waals surface area contributed by atoms with Crippen molar-refractivity contribution in [3.8, 4) is 11.1 Å². The Balaban J connectivity index is 2.09. The molecular weight excluding hydrogens is 324 g/mol. The van der Waals surface area contributed by atoms with Crippen molar-refractivity contribution in [3.05, 3.63) is 58.6 Å². The fourth-order valence-corrected chi connectivity index (χ4v) is 2.86. The van der Waals surface area contributed by atoms with Gasteiger partial charge in [0.25, 0.3) is 0 Å². The molecule has 0 bridgehead atoms. The lowest BCUT2D eigenvalue weighted by Gasteiger charge is -2.08. The number of benzene rings is 2. The van der Waals surface area contributed by atoms with Crippen LogP contribution in [0, 0.1) is 0 Å². The highest BCUT2D eigenvalue weighted by Gasteiger charge is 2.17. The van der Waals surface area contributed by atoms with E-state index in [4.69, 9.17) is 22.1 Å². The predicted octanol–water partition coefficient (Wildman–Crippen LogP) is 4.35. The third-order valence-electron chi connectivity index (χ3n) is 3.72. The third-order valence-corrected chi connectivity index (χ3v) is 4.04. The van der Waals surface area contributed by atoms with Crippen LogP contribution in [0.15, 0.2) is 53.0 Å². The molecule has 0 aromatic heterocycles. The fourth-order valence-electron chi connectivity index (χ4n) is 2.62. The smallest absolute Gasteiger partial charge is 0.334 e. The summed E-state index contributed by atoms with van der Waals surface area (Å²) in [5.74, 6) is 0.0187. The summed E-state index contributed by atoms with van der Waals surface area (Å²) >= 11 is 6.28. The summed E-state index contributed by atoms with van der Waals surface area (Å²) in [6.07, 6.45) is 2.06. The van der Waals surface area contributed by atoms with Gasteiger partial charge in [-0.3, -0.25) is 0 Å². The number of rotatable bonds is 3. The van der Waals surface area contributed by atoms with Crippen molar-refractivity contribution in [2.75, 3.05) is 6.61 Å². The first kappa shape index (κ1) is 16.3. The number of nitrogens with two attached hydrogens (primary N) is 1. The second kappa shape index (κ2) is 6.89. The summed E-state index contributed by atoms with van der Waals surface area (Å²) in [6, 6.07) is 13.4. The van der Waals surface area contributed by atoms with Gasteiger partial charge >= 0.3 is 5.97 Å². The Hall–Kier alpha value is -2.59. The van der Waals surface area contributed by atoms with E-state index in [0.717, 1.165) is 22.4 Å². The van der Waals surface area contributed by atoms with Gasteiger partial charge in [0.2, 0.25) is 0 Å². The lowest BCUT2D eigenvalue weighted by molar-refractivity contribution is -0.138. The average Bonchev–Trinajstić information content (AvgIpc) is 2.73. The van der Waals surface area contributed by atoms with E-state index in [1.807, 2.05) is 42.5 Å². The fraction of sp³-hybridized carbons (Fsp3) is 0.158. The van der Waals surface area contributed by atoms with Crippen LogP contribution in [0.1, 0.15) is 18.9 Å². The monoisotopic (exact) mass is 340 g/mol. The van der Waals surface area contributed by atoms with Gasteiger partial charge in [0.15, 0.2) is 0 Å². The van der Waals surface area contributed by atoms with E-state index in [9.17, 15) is 4.79 Å². The van der Waals surface area contributed by atoms with E-state index in [1.165, 1.54) is 0 Å². The number of carbonyl (C=O) groups excluding carboxylic acids is 1. The summed E-state index contributed by atoms with van der Waals surface area (Å²) in [6.45, 7) is 2.09. The second-order valence-electron chi connectivity index (χ2n) is 5.42. The molecule has 0 radical (unpaired) electrons. The molecule has 5 heteroatoms. The summed E-state index contributed by atoms with van der Waals surface area (Å²) in [7, 11) is 0. The zero-order chi connectivity index (χ0) is 17.1. The maximum Gasteiger partial charge on any atom is 0.334 e. The van der Waals surface area contributed by atoms with E-state index >= 15 is 0 Å². The molecule has 0 atom stereocenters. The molecule has 2 N–H and O–H groups in total. The number of esters is 1. The largest absolute Gasteiger partial charge is 0.463 e. The van der Waals surface area contributed by atoms with Gasteiger partial charge in [-0.2, -0.15) is 0 Å². The number of hydrogen-bond donors (Lipinski definition) is 1. The minimum absolute atomic E-state index is 0.273. The standard InChI is InChI=1S/C19H17ClN2O2/c1-2-24-19(23)14-10-13-9-12(15-5-3-4-6-16(15)20)7-8-17(13)22-18(21)11-14/h3-10H,2,11H2,1H3,(H2,21,22). The molecule has 0 aliphatic carbocycles. The number of carbonyl (C=O) groups is 1. The van der Waals surface area contributed by atoms with E-state index < -0.39 is 0 Å². The quantitative estimate of drug-likeness (QED) is 0.845. The molecule has 0 fully saturated rings. The molecule has 24 heavy (non-hydrogen) atoms. The number of halogens is 1. The van der Waals surface area contributed by atoms with Crippen molar-refractivity contribution in [1.29, 1.82) is 0 Å². The van der Waals surface area contributed by atoms with Gasteiger partial charge in [-0.05, 0) is 36.8 Å². The Morgan fingerprint density at radius 2 is 2.08 bits per heavy atom. The van der Waals surface area contributed by atoms with E-state index in [1.54, 1.807) is 13.0 Å².